The van der Waals surface area contributed by atoms with E-state index in [9.17, 15) is 4.79 Å². The molecule has 2 aromatic heterocycles. The fraction of sp³-hybridized carbons (Fsp3) is 0.389. The Kier molecular flexibility index (Phi) is 5.75. The Morgan fingerprint density at radius 3 is 2.68 bits per heavy atom. The van der Waals surface area contributed by atoms with Gasteiger partial charge in [-0.15, -0.1) is 10.2 Å². The highest BCUT2D eigenvalue weighted by atomic mass is 32.2. The summed E-state index contributed by atoms with van der Waals surface area (Å²) in [6.07, 6.45) is 1.02. The third-order valence-corrected chi connectivity index (χ3v) is 5.79. The lowest BCUT2D eigenvalue weighted by atomic mass is 10.1. The highest BCUT2D eigenvalue weighted by Gasteiger charge is 2.14. The first-order chi connectivity index (χ1) is 12.1. The lowest BCUT2D eigenvalue weighted by Gasteiger charge is -2.09. The van der Waals surface area contributed by atoms with Crippen LogP contribution in [0, 0.1) is 13.8 Å². The molecule has 132 valence electrons. The zero-order valence-corrected chi connectivity index (χ0v) is 16.4. The maximum absolute atomic E-state index is 11.8. The van der Waals surface area contributed by atoms with Crippen LogP contribution in [0.2, 0.25) is 0 Å². The number of thioether (sulfide) groups is 1. The van der Waals surface area contributed by atoms with Crippen molar-refractivity contribution in [2.24, 2.45) is 0 Å². The Morgan fingerprint density at radius 2 is 2.00 bits per heavy atom. The van der Waals surface area contributed by atoms with Crippen LogP contribution < -0.4 is 4.87 Å². The molecular weight excluding hydrogens is 352 g/mol. The predicted octanol–water partition coefficient (Wildman–Crippen LogP) is 3.99. The molecule has 0 atom stereocenters. The van der Waals surface area contributed by atoms with E-state index in [2.05, 4.69) is 46.8 Å². The van der Waals surface area contributed by atoms with E-state index in [0.717, 1.165) is 41.0 Å². The van der Waals surface area contributed by atoms with Crippen molar-refractivity contribution in [3.8, 4) is 11.4 Å². The van der Waals surface area contributed by atoms with Crippen LogP contribution in [0.3, 0.4) is 0 Å². The minimum Gasteiger partial charge on any atom is -0.303 e. The SMILES string of the molecule is CCCn1c(SCCn2c(C)csc2=O)nnc1-c1cccc(C)c1. The first-order valence-electron chi connectivity index (χ1n) is 8.38. The van der Waals surface area contributed by atoms with Crippen LogP contribution in [0.4, 0.5) is 0 Å². The number of aromatic nitrogens is 4. The van der Waals surface area contributed by atoms with Crippen molar-refractivity contribution < 1.29 is 0 Å². The van der Waals surface area contributed by atoms with Crippen molar-refractivity contribution in [1.82, 2.24) is 19.3 Å². The molecule has 5 nitrogen and oxygen atoms in total. The smallest absolute Gasteiger partial charge is 0.303 e. The summed E-state index contributed by atoms with van der Waals surface area (Å²) >= 11 is 2.91. The van der Waals surface area contributed by atoms with Crippen molar-refractivity contribution >= 4 is 23.1 Å². The predicted molar refractivity (Wildman–Crippen MR) is 105 cm³/mol. The van der Waals surface area contributed by atoms with E-state index >= 15 is 0 Å². The molecule has 0 spiro atoms. The van der Waals surface area contributed by atoms with Gasteiger partial charge < -0.3 is 9.13 Å². The molecule has 3 rings (SSSR count). The van der Waals surface area contributed by atoms with Crippen LogP contribution in [0.15, 0.2) is 39.6 Å². The van der Waals surface area contributed by atoms with Gasteiger partial charge in [0.25, 0.3) is 0 Å². The zero-order chi connectivity index (χ0) is 17.8. The second kappa shape index (κ2) is 8.01. The van der Waals surface area contributed by atoms with Gasteiger partial charge in [-0.2, -0.15) is 0 Å². The second-order valence-electron chi connectivity index (χ2n) is 5.97. The summed E-state index contributed by atoms with van der Waals surface area (Å²) in [4.78, 5) is 11.9. The number of aryl methyl sites for hydroxylation is 2. The summed E-state index contributed by atoms with van der Waals surface area (Å²) in [6.45, 7) is 7.79. The number of hydrogen-bond donors (Lipinski definition) is 0. The van der Waals surface area contributed by atoms with Crippen LogP contribution in [0.25, 0.3) is 11.4 Å². The standard InChI is InChI=1S/C18H22N4OS2/c1-4-8-22-16(15-7-5-6-13(2)11-15)19-20-17(22)24-10-9-21-14(3)12-25-18(21)23/h5-7,11-12H,4,8-10H2,1-3H3. The van der Waals surface area contributed by atoms with Crippen LogP contribution >= 0.6 is 23.1 Å². The molecule has 0 radical (unpaired) electrons. The third-order valence-electron chi connectivity index (χ3n) is 3.96. The molecule has 0 unspecified atom stereocenters. The van der Waals surface area contributed by atoms with E-state index in [1.807, 2.05) is 22.9 Å². The first-order valence-corrected chi connectivity index (χ1v) is 10.2. The van der Waals surface area contributed by atoms with Crippen molar-refractivity contribution in [2.75, 3.05) is 5.75 Å². The lowest BCUT2D eigenvalue weighted by molar-refractivity contribution is 0.625. The molecule has 0 saturated heterocycles. The van der Waals surface area contributed by atoms with E-state index in [1.54, 1.807) is 11.8 Å². The molecule has 0 bridgehead atoms. The summed E-state index contributed by atoms with van der Waals surface area (Å²) in [5.74, 6) is 1.71. The topological polar surface area (TPSA) is 52.7 Å². The molecule has 0 aliphatic heterocycles. The fourth-order valence-corrected chi connectivity index (χ4v) is 4.37. The average molecular weight is 375 g/mol. The quantitative estimate of drug-likeness (QED) is 0.587. The number of thiazole rings is 1. The van der Waals surface area contributed by atoms with Gasteiger partial charge in [-0.05, 0) is 26.3 Å². The van der Waals surface area contributed by atoms with Crippen LogP contribution in [-0.4, -0.2) is 25.1 Å². The van der Waals surface area contributed by atoms with Crippen molar-refractivity contribution in [2.45, 2.75) is 45.4 Å². The number of benzene rings is 1. The number of rotatable bonds is 7. The zero-order valence-electron chi connectivity index (χ0n) is 14.7. The largest absolute Gasteiger partial charge is 0.307 e. The lowest BCUT2D eigenvalue weighted by Crippen LogP contribution is -2.16. The Bertz CT molecular complexity index is 910. The monoisotopic (exact) mass is 374 g/mol. The van der Waals surface area contributed by atoms with Gasteiger partial charge in [-0.1, -0.05) is 53.8 Å². The minimum atomic E-state index is 0.105. The van der Waals surface area contributed by atoms with Gasteiger partial charge >= 0.3 is 4.87 Å². The summed E-state index contributed by atoms with van der Waals surface area (Å²) in [5, 5.41) is 11.6. The normalized spacial score (nSPS) is 11.2. The summed E-state index contributed by atoms with van der Waals surface area (Å²) < 4.78 is 4.00. The molecule has 0 aliphatic rings. The van der Waals surface area contributed by atoms with Crippen molar-refractivity contribution in [3.05, 3.63) is 50.6 Å². The molecule has 0 saturated carbocycles. The molecule has 7 heteroatoms. The summed E-state index contributed by atoms with van der Waals surface area (Å²) in [6, 6.07) is 8.35. The van der Waals surface area contributed by atoms with Crippen LogP contribution in [-0.2, 0) is 13.1 Å². The minimum absolute atomic E-state index is 0.105. The Morgan fingerprint density at radius 1 is 1.16 bits per heavy atom. The molecule has 0 aliphatic carbocycles. The maximum atomic E-state index is 11.8. The average Bonchev–Trinajstić information content (AvgIpc) is 3.13. The highest BCUT2D eigenvalue weighted by molar-refractivity contribution is 7.99. The van der Waals surface area contributed by atoms with Gasteiger partial charge in [-0.3, -0.25) is 4.79 Å². The molecule has 0 amide bonds. The number of hydrogen-bond acceptors (Lipinski definition) is 5. The van der Waals surface area contributed by atoms with Gasteiger partial charge in [0.15, 0.2) is 11.0 Å². The van der Waals surface area contributed by atoms with Crippen molar-refractivity contribution in [1.29, 1.82) is 0 Å². The molecular formula is C18H22N4OS2. The second-order valence-corrected chi connectivity index (χ2v) is 7.85. The summed E-state index contributed by atoms with van der Waals surface area (Å²) in [7, 11) is 0. The molecule has 0 fully saturated rings. The molecule has 3 aromatic rings. The summed E-state index contributed by atoms with van der Waals surface area (Å²) in [5.41, 5.74) is 3.33. The van der Waals surface area contributed by atoms with Gasteiger partial charge in [0.1, 0.15) is 0 Å². The van der Waals surface area contributed by atoms with E-state index < -0.39 is 0 Å². The van der Waals surface area contributed by atoms with E-state index in [-0.39, 0.29) is 4.87 Å². The maximum Gasteiger partial charge on any atom is 0.307 e. The molecule has 2 heterocycles. The molecule has 0 N–H and O–H groups in total. The third kappa shape index (κ3) is 4.04. The van der Waals surface area contributed by atoms with Gasteiger partial charge in [0.05, 0.1) is 0 Å². The first kappa shape index (κ1) is 17.9. The van der Waals surface area contributed by atoms with E-state index in [4.69, 9.17) is 0 Å². The van der Waals surface area contributed by atoms with Gasteiger partial charge in [-0.25, -0.2) is 0 Å². The molecule has 1 aromatic carbocycles. The van der Waals surface area contributed by atoms with E-state index in [0.29, 0.717) is 6.54 Å². The van der Waals surface area contributed by atoms with Crippen molar-refractivity contribution in [3.63, 3.8) is 0 Å². The Hall–Kier alpha value is -1.86. The highest BCUT2D eigenvalue weighted by Crippen LogP contribution is 2.25. The Labute approximate surface area is 155 Å². The van der Waals surface area contributed by atoms with Gasteiger partial charge in [0.2, 0.25) is 0 Å². The molecule has 25 heavy (non-hydrogen) atoms. The van der Waals surface area contributed by atoms with Crippen LogP contribution in [0.1, 0.15) is 24.6 Å². The Balaban J connectivity index is 1.78. The fourth-order valence-electron chi connectivity index (χ4n) is 2.72. The van der Waals surface area contributed by atoms with E-state index in [1.165, 1.54) is 16.9 Å². The number of nitrogens with zero attached hydrogens (tertiary/aromatic N) is 4. The van der Waals surface area contributed by atoms with Gasteiger partial charge in [0, 0.05) is 35.5 Å². The van der Waals surface area contributed by atoms with Crippen LogP contribution in [0.5, 0.6) is 0 Å².